The number of fused-ring (bicyclic) bond motifs is 3. The first-order valence-corrected chi connectivity index (χ1v) is 14.2. The van der Waals surface area contributed by atoms with Gasteiger partial charge in [0.25, 0.3) is 0 Å². The molecule has 2 heterocycles. The molecule has 2 N–H and O–H groups in total. The molecule has 1 aliphatic carbocycles. The Morgan fingerprint density at radius 2 is 1.88 bits per heavy atom. The fraction of sp³-hybridized carbons (Fsp3) is 0.364. The number of rotatable bonds is 8. The van der Waals surface area contributed by atoms with Crippen molar-refractivity contribution in [2.45, 2.75) is 58.9 Å². The number of pyridine rings is 1. The molecule has 0 bridgehead atoms. The van der Waals surface area contributed by atoms with Gasteiger partial charge in [0.05, 0.1) is 5.41 Å². The van der Waals surface area contributed by atoms with Crippen molar-refractivity contribution < 1.29 is 14.4 Å². The van der Waals surface area contributed by atoms with Crippen molar-refractivity contribution in [2.75, 3.05) is 23.7 Å². The maximum atomic E-state index is 13.4. The quantitative estimate of drug-likeness (QED) is 0.388. The average Bonchev–Trinajstić information content (AvgIpc) is 3.45. The highest BCUT2D eigenvalue weighted by atomic mass is 16.2. The lowest BCUT2D eigenvalue weighted by atomic mass is 9.79. The number of anilines is 2. The lowest BCUT2D eigenvalue weighted by molar-refractivity contribution is -0.142. The van der Waals surface area contributed by atoms with Crippen molar-refractivity contribution >= 4 is 35.4 Å². The number of carbonyl (C=O) groups excluding carboxylic acids is 3. The van der Waals surface area contributed by atoms with Crippen LogP contribution in [0.5, 0.6) is 0 Å². The van der Waals surface area contributed by atoms with Gasteiger partial charge in [-0.1, -0.05) is 64.1 Å². The molecule has 3 aromatic rings. The molecule has 0 fully saturated rings. The van der Waals surface area contributed by atoms with Crippen LogP contribution in [0.2, 0.25) is 0 Å². The van der Waals surface area contributed by atoms with E-state index in [1.807, 2.05) is 81.6 Å². The third-order valence-electron chi connectivity index (χ3n) is 7.73. The molecule has 0 radical (unpaired) electrons. The lowest BCUT2D eigenvalue weighted by Crippen LogP contribution is -2.43. The summed E-state index contributed by atoms with van der Waals surface area (Å²) in [6.45, 7) is 8.60. The molecule has 3 amide bonds. The van der Waals surface area contributed by atoms with Gasteiger partial charge in [-0.25, -0.2) is 4.98 Å². The first-order chi connectivity index (χ1) is 19.6. The van der Waals surface area contributed by atoms with Crippen molar-refractivity contribution in [1.29, 1.82) is 0 Å². The van der Waals surface area contributed by atoms with Crippen LogP contribution in [0.25, 0.3) is 0 Å². The fourth-order valence-corrected chi connectivity index (χ4v) is 5.69. The number of nitrogens with zero attached hydrogens (tertiary/aromatic N) is 3. The van der Waals surface area contributed by atoms with E-state index in [2.05, 4.69) is 27.5 Å². The second-order valence-electron chi connectivity index (χ2n) is 12.0. The fourth-order valence-electron chi connectivity index (χ4n) is 5.69. The number of nitrogens with one attached hydrogen (secondary N) is 2. The zero-order valence-corrected chi connectivity index (χ0v) is 24.2. The van der Waals surface area contributed by atoms with Crippen LogP contribution in [0, 0.1) is 5.41 Å². The summed E-state index contributed by atoms with van der Waals surface area (Å²) in [4.78, 5) is 50.2. The van der Waals surface area contributed by atoms with Crippen molar-refractivity contribution in [3.05, 3.63) is 88.6 Å². The Labute approximate surface area is 241 Å². The predicted molar refractivity (Wildman–Crippen MR) is 161 cm³/mol. The van der Waals surface area contributed by atoms with Crippen LogP contribution < -0.4 is 10.6 Å². The second kappa shape index (κ2) is 11.3. The minimum Gasteiger partial charge on any atom is -0.329 e. The molecule has 1 aromatic heterocycles. The minimum absolute atomic E-state index is 0.0376. The van der Waals surface area contributed by atoms with Gasteiger partial charge in [0.15, 0.2) is 0 Å². The van der Waals surface area contributed by atoms with Crippen LogP contribution in [0.1, 0.15) is 61.9 Å². The van der Waals surface area contributed by atoms with Gasteiger partial charge in [-0.15, -0.1) is 0 Å². The highest BCUT2D eigenvalue weighted by Gasteiger charge is 2.51. The average molecular weight is 552 g/mol. The molecule has 5 rings (SSSR count). The smallest absolute Gasteiger partial charge is 0.244 e. The second-order valence-corrected chi connectivity index (χ2v) is 12.0. The first kappa shape index (κ1) is 28.2. The van der Waals surface area contributed by atoms with Crippen molar-refractivity contribution in [3.63, 3.8) is 0 Å². The molecule has 8 nitrogen and oxygen atoms in total. The van der Waals surface area contributed by atoms with E-state index in [9.17, 15) is 14.4 Å². The predicted octanol–water partition coefficient (Wildman–Crippen LogP) is 4.91. The zero-order chi connectivity index (χ0) is 29.2. The topological polar surface area (TPSA) is 104 Å². The Hall–Kier alpha value is -4.33. The largest absolute Gasteiger partial charge is 0.329 e. The van der Waals surface area contributed by atoms with Gasteiger partial charge >= 0.3 is 0 Å². The summed E-state index contributed by atoms with van der Waals surface area (Å²) in [6, 6.07) is 17.4. The molecule has 0 saturated heterocycles. The molecule has 1 spiro atoms. The summed E-state index contributed by atoms with van der Waals surface area (Å²) < 4.78 is 0. The lowest BCUT2D eigenvalue weighted by Gasteiger charge is -2.29. The van der Waals surface area contributed by atoms with E-state index in [0.29, 0.717) is 30.9 Å². The van der Waals surface area contributed by atoms with Crippen molar-refractivity contribution in [3.8, 4) is 0 Å². The van der Waals surface area contributed by atoms with E-state index in [0.717, 1.165) is 40.8 Å². The van der Waals surface area contributed by atoms with Gasteiger partial charge in [-0.2, -0.15) is 0 Å². The highest BCUT2D eigenvalue weighted by Crippen LogP contribution is 2.46. The highest BCUT2D eigenvalue weighted by molar-refractivity contribution is 6.06. The molecule has 8 heteroatoms. The summed E-state index contributed by atoms with van der Waals surface area (Å²) in [5.41, 5.74) is 4.23. The van der Waals surface area contributed by atoms with Gasteiger partial charge in [-0.05, 0) is 59.7 Å². The SMILES string of the molecule is CCCN=Cc1ccccc1CN(CC(=O)Nc1ccc2c(c1)CC1(C2)C(=O)Nc2ncccc21)C(=O)C(C)(C)C. The number of amides is 3. The Morgan fingerprint density at radius 1 is 1.10 bits per heavy atom. The van der Waals surface area contributed by atoms with Crippen LogP contribution >= 0.6 is 0 Å². The van der Waals surface area contributed by atoms with Crippen LogP contribution in [-0.4, -0.2) is 46.9 Å². The molecule has 1 unspecified atom stereocenters. The number of carbonyl (C=O) groups is 3. The number of aliphatic imine (C=N–C) groups is 1. The Kier molecular flexibility index (Phi) is 7.76. The van der Waals surface area contributed by atoms with Gasteiger partial charge in [0, 0.05) is 42.2 Å². The van der Waals surface area contributed by atoms with E-state index in [-0.39, 0.29) is 24.3 Å². The summed E-state index contributed by atoms with van der Waals surface area (Å²) in [5, 5.41) is 5.92. The van der Waals surface area contributed by atoms with E-state index in [1.54, 1.807) is 11.1 Å². The Morgan fingerprint density at radius 3 is 2.66 bits per heavy atom. The summed E-state index contributed by atoms with van der Waals surface area (Å²) in [5.74, 6) is 0.203. The standard InChI is InChI=1S/C33H37N5O3/c1-5-14-34-19-23-9-6-7-10-24(23)20-38(31(41)32(2,3)4)21-28(39)36-26-13-12-22-17-33(18-25(22)16-26)27-11-8-15-35-29(27)37-30(33)40/h6-13,15-16,19H,5,14,17-18,20-21H2,1-4H3,(H,36,39)(H,35,37,40). The third-order valence-corrected chi connectivity index (χ3v) is 7.73. The monoisotopic (exact) mass is 551 g/mol. The van der Waals surface area contributed by atoms with Crippen molar-refractivity contribution in [2.24, 2.45) is 10.4 Å². The first-order valence-electron chi connectivity index (χ1n) is 14.2. The molecule has 2 aliphatic rings. The van der Waals surface area contributed by atoms with Crippen LogP contribution in [-0.2, 0) is 39.2 Å². The molecule has 212 valence electrons. The van der Waals surface area contributed by atoms with Crippen molar-refractivity contribution in [1.82, 2.24) is 9.88 Å². The normalized spacial score (nSPS) is 17.4. The van der Waals surface area contributed by atoms with Crippen LogP contribution in [0.15, 0.2) is 65.8 Å². The Balaban J connectivity index is 1.32. The molecular weight excluding hydrogens is 514 g/mol. The summed E-state index contributed by atoms with van der Waals surface area (Å²) in [7, 11) is 0. The van der Waals surface area contributed by atoms with E-state index < -0.39 is 10.8 Å². The van der Waals surface area contributed by atoms with Gasteiger partial charge < -0.3 is 15.5 Å². The zero-order valence-electron chi connectivity index (χ0n) is 24.2. The van der Waals surface area contributed by atoms with Crippen LogP contribution in [0.4, 0.5) is 11.5 Å². The van der Waals surface area contributed by atoms with Gasteiger partial charge in [0.1, 0.15) is 12.4 Å². The summed E-state index contributed by atoms with van der Waals surface area (Å²) in [6.07, 6.45) is 5.61. The number of aromatic nitrogens is 1. The maximum absolute atomic E-state index is 13.4. The maximum Gasteiger partial charge on any atom is 0.244 e. The van der Waals surface area contributed by atoms with Crippen LogP contribution in [0.3, 0.4) is 0 Å². The number of hydrogen-bond acceptors (Lipinski definition) is 5. The molecular formula is C33H37N5O3. The van der Waals surface area contributed by atoms with E-state index in [1.165, 1.54) is 0 Å². The number of benzene rings is 2. The molecule has 41 heavy (non-hydrogen) atoms. The van der Waals surface area contributed by atoms with Gasteiger partial charge in [0.2, 0.25) is 17.7 Å². The molecule has 2 aromatic carbocycles. The number of hydrogen-bond donors (Lipinski definition) is 2. The third kappa shape index (κ3) is 5.78. The van der Waals surface area contributed by atoms with E-state index in [4.69, 9.17) is 0 Å². The summed E-state index contributed by atoms with van der Waals surface area (Å²) >= 11 is 0. The minimum atomic E-state index is -0.668. The van der Waals surface area contributed by atoms with Gasteiger partial charge in [-0.3, -0.25) is 19.4 Å². The molecule has 1 aliphatic heterocycles. The van der Waals surface area contributed by atoms with E-state index >= 15 is 0 Å². The molecule has 1 atom stereocenters. The molecule has 0 saturated carbocycles. The Bertz CT molecular complexity index is 1520.